The van der Waals surface area contributed by atoms with Gasteiger partial charge in [0.15, 0.2) is 0 Å². The van der Waals surface area contributed by atoms with Gasteiger partial charge in [0.1, 0.15) is 0 Å². The average molecular weight is 315 g/mol. The van der Waals surface area contributed by atoms with Crippen LogP contribution in [0.2, 0.25) is 0 Å². The Hall–Kier alpha value is -1.31. The summed E-state index contributed by atoms with van der Waals surface area (Å²) in [6.07, 6.45) is 0.923. The number of sulfonamides is 1. The second-order valence-electron chi connectivity index (χ2n) is 4.87. The first kappa shape index (κ1) is 17.7. The number of nitrogen functional groups attached to an aromatic ring is 1. The van der Waals surface area contributed by atoms with Crippen LogP contribution in [0, 0.1) is 0 Å². The molecule has 1 aromatic carbocycles. The molecule has 21 heavy (non-hydrogen) atoms. The minimum atomic E-state index is -3.49. The first-order chi connectivity index (χ1) is 9.87. The van der Waals surface area contributed by atoms with E-state index in [9.17, 15) is 8.42 Å². The van der Waals surface area contributed by atoms with E-state index >= 15 is 0 Å². The van der Waals surface area contributed by atoms with Gasteiger partial charge in [-0.1, -0.05) is 6.92 Å². The van der Waals surface area contributed by atoms with Gasteiger partial charge in [0.05, 0.1) is 22.9 Å². The fourth-order valence-corrected chi connectivity index (χ4v) is 2.80. The van der Waals surface area contributed by atoms with Crippen LogP contribution in [0.15, 0.2) is 23.1 Å². The predicted molar refractivity (Wildman–Crippen MR) is 86.1 cm³/mol. The molecular weight excluding hydrogens is 290 g/mol. The third-order valence-electron chi connectivity index (χ3n) is 3.55. The fraction of sp³-hybridized carbons (Fsp3) is 0.571. The molecule has 0 heterocycles. The monoisotopic (exact) mass is 315 g/mol. The summed E-state index contributed by atoms with van der Waals surface area (Å²) >= 11 is 0. The summed E-state index contributed by atoms with van der Waals surface area (Å²) < 4.78 is 31.3. The molecule has 0 saturated heterocycles. The lowest BCUT2D eigenvalue weighted by molar-refractivity contribution is 0.203. The van der Waals surface area contributed by atoms with Crippen LogP contribution in [0.5, 0.6) is 0 Å². The second kappa shape index (κ2) is 7.63. The molecule has 0 bridgehead atoms. The number of methoxy groups -OCH3 is 1. The van der Waals surface area contributed by atoms with Crippen molar-refractivity contribution in [1.29, 1.82) is 0 Å². The molecule has 0 fully saturated rings. The molecule has 1 aromatic rings. The lowest BCUT2D eigenvalue weighted by Gasteiger charge is -2.32. The summed E-state index contributed by atoms with van der Waals surface area (Å²) in [7, 11) is -0.457. The highest BCUT2D eigenvalue weighted by Crippen LogP contribution is 2.28. The van der Waals surface area contributed by atoms with Gasteiger partial charge >= 0.3 is 0 Å². The number of benzene rings is 1. The molecule has 0 aliphatic heterocycles. The van der Waals surface area contributed by atoms with Gasteiger partial charge in [0.2, 0.25) is 10.0 Å². The largest absolute Gasteiger partial charge is 0.397 e. The minimum absolute atomic E-state index is 0.208. The van der Waals surface area contributed by atoms with Crippen LogP contribution in [0.3, 0.4) is 0 Å². The van der Waals surface area contributed by atoms with Gasteiger partial charge in [-0.05, 0) is 38.6 Å². The lowest BCUT2D eigenvalue weighted by Crippen LogP contribution is -2.36. The molecule has 0 amide bonds. The van der Waals surface area contributed by atoms with Gasteiger partial charge in [-0.25, -0.2) is 13.1 Å². The van der Waals surface area contributed by atoms with Gasteiger partial charge in [-0.2, -0.15) is 0 Å². The predicted octanol–water partition coefficient (Wildman–Crippen LogP) is 1.43. The number of anilines is 2. The van der Waals surface area contributed by atoms with Crippen LogP contribution in [-0.4, -0.2) is 41.8 Å². The van der Waals surface area contributed by atoms with E-state index in [4.69, 9.17) is 10.5 Å². The SMILES string of the molecule is CCC(C)N(CCOC)c1cc(S(=O)(=O)NC)ccc1N. The maximum Gasteiger partial charge on any atom is 0.240 e. The fourth-order valence-electron chi connectivity index (χ4n) is 2.05. The van der Waals surface area contributed by atoms with Crippen molar-refractivity contribution in [2.75, 3.05) is 37.9 Å². The Morgan fingerprint density at radius 1 is 1.43 bits per heavy atom. The van der Waals surface area contributed by atoms with Crippen molar-refractivity contribution in [1.82, 2.24) is 4.72 Å². The Kier molecular flexibility index (Phi) is 6.44. The third kappa shape index (κ3) is 4.33. The van der Waals surface area contributed by atoms with Crippen LogP contribution in [0.1, 0.15) is 20.3 Å². The molecule has 1 atom stereocenters. The van der Waals surface area contributed by atoms with Gasteiger partial charge in [0.25, 0.3) is 0 Å². The van der Waals surface area contributed by atoms with E-state index in [1.165, 1.54) is 13.1 Å². The number of rotatable bonds is 8. The van der Waals surface area contributed by atoms with Crippen LogP contribution in [0.4, 0.5) is 11.4 Å². The second-order valence-corrected chi connectivity index (χ2v) is 6.76. The van der Waals surface area contributed by atoms with Crippen molar-refractivity contribution >= 4 is 21.4 Å². The van der Waals surface area contributed by atoms with Crippen molar-refractivity contribution < 1.29 is 13.2 Å². The molecule has 0 saturated carbocycles. The normalized spacial score (nSPS) is 13.1. The number of nitrogens with two attached hydrogens (primary N) is 1. The summed E-state index contributed by atoms with van der Waals surface area (Å²) in [5.74, 6) is 0. The zero-order valence-corrected chi connectivity index (χ0v) is 13.9. The average Bonchev–Trinajstić information content (AvgIpc) is 2.48. The zero-order valence-electron chi connectivity index (χ0n) is 13.1. The first-order valence-corrected chi connectivity index (χ1v) is 8.44. The maximum absolute atomic E-state index is 11.9. The molecule has 7 heteroatoms. The quantitative estimate of drug-likeness (QED) is 0.709. The van der Waals surface area contributed by atoms with Crippen molar-refractivity contribution in [3.8, 4) is 0 Å². The van der Waals surface area contributed by atoms with E-state index in [0.29, 0.717) is 18.8 Å². The van der Waals surface area contributed by atoms with E-state index in [1.54, 1.807) is 19.2 Å². The summed E-state index contributed by atoms with van der Waals surface area (Å²) in [5, 5.41) is 0. The van der Waals surface area contributed by atoms with E-state index in [-0.39, 0.29) is 10.9 Å². The van der Waals surface area contributed by atoms with Crippen LogP contribution < -0.4 is 15.4 Å². The first-order valence-electron chi connectivity index (χ1n) is 6.96. The topological polar surface area (TPSA) is 84.7 Å². The number of hydrogen-bond donors (Lipinski definition) is 2. The Balaban J connectivity index is 3.26. The van der Waals surface area contributed by atoms with E-state index in [2.05, 4.69) is 23.5 Å². The molecule has 0 aliphatic rings. The van der Waals surface area contributed by atoms with Gasteiger partial charge < -0.3 is 15.4 Å². The van der Waals surface area contributed by atoms with E-state index < -0.39 is 10.0 Å². The Bertz CT molecular complexity index is 561. The molecule has 1 unspecified atom stereocenters. The van der Waals surface area contributed by atoms with Crippen molar-refractivity contribution in [2.24, 2.45) is 0 Å². The van der Waals surface area contributed by atoms with Crippen LogP contribution >= 0.6 is 0 Å². The molecule has 3 N–H and O–H groups in total. The van der Waals surface area contributed by atoms with Crippen molar-refractivity contribution in [3.63, 3.8) is 0 Å². The van der Waals surface area contributed by atoms with Crippen molar-refractivity contribution in [2.45, 2.75) is 31.2 Å². The molecule has 120 valence electrons. The molecule has 6 nitrogen and oxygen atoms in total. The molecule has 0 aromatic heterocycles. The molecule has 0 radical (unpaired) electrons. The Labute approximate surface area is 127 Å². The molecule has 0 spiro atoms. The minimum Gasteiger partial charge on any atom is -0.397 e. The summed E-state index contributed by atoms with van der Waals surface area (Å²) in [6.45, 7) is 5.36. The van der Waals surface area contributed by atoms with Crippen LogP contribution in [0.25, 0.3) is 0 Å². The summed E-state index contributed by atoms with van der Waals surface area (Å²) in [4.78, 5) is 2.29. The highest BCUT2D eigenvalue weighted by Gasteiger charge is 2.19. The summed E-state index contributed by atoms with van der Waals surface area (Å²) in [6, 6.07) is 4.98. The Morgan fingerprint density at radius 3 is 2.62 bits per heavy atom. The number of nitrogens with zero attached hydrogens (tertiary/aromatic N) is 1. The van der Waals surface area contributed by atoms with E-state index in [1.807, 2.05) is 0 Å². The maximum atomic E-state index is 11.9. The highest BCUT2D eigenvalue weighted by molar-refractivity contribution is 7.89. The molecular formula is C14H25N3O3S. The lowest BCUT2D eigenvalue weighted by atomic mass is 10.1. The molecule has 1 rings (SSSR count). The van der Waals surface area contributed by atoms with Gasteiger partial charge in [0, 0.05) is 19.7 Å². The highest BCUT2D eigenvalue weighted by atomic mass is 32.2. The number of nitrogens with one attached hydrogen (secondary N) is 1. The van der Waals surface area contributed by atoms with Crippen molar-refractivity contribution in [3.05, 3.63) is 18.2 Å². The Morgan fingerprint density at radius 2 is 2.10 bits per heavy atom. The van der Waals surface area contributed by atoms with Gasteiger partial charge in [-0.3, -0.25) is 0 Å². The zero-order chi connectivity index (χ0) is 16.0. The van der Waals surface area contributed by atoms with Gasteiger partial charge in [-0.15, -0.1) is 0 Å². The smallest absolute Gasteiger partial charge is 0.240 e. The standard InChI is InChI=1S/C14H25N3O3S/c1-5-11(2)17(8-9-20-4)14-10-12(6-7-13(14)15)21(18,19)16-3/h6-7,10-11,16H,5,8-9,15H2,1-4H3. The van der Waals surface area contributed by atoms with Crippen LogP contribution in [-0.2, 0) is 14.8 Å². The number of hydrogen-bond acceptors (Lipinski definition) is 5. The summed E-state index contributed by atoms with van der Waals surface area (Å²) in [5.41, 5.74) is 7.32. The third-order valence-corrected chi connectivity index (χ3v) is 4.96. The number of ether oxygens (including phenoxy) is 1. The van der Waals surface area contributed by atoms with E-state index in [0.717, 1.165) is 12.1 Å². The molecule has 0 aliphatic carbocycles.